The van der Waals surface area contributed by atoms with Gasteiger partial charge in [0.1, 0.15) is 5.66 Å². The van der Waals surface area contributed by atoms with E-state index in [2.05, 4.69) is 72.8 Å². The van der Waals surface area contributed by atoms with Gasteiger partial charge in [0.15, 0.2) is 0 Å². The van der Waals surface area contributed by atoms with Gasteiger partial charge in [0, 0.05) is 12.9 Å². The maximum Gasteiger partial charge on any atom is 0.265 e. The van der Waals surface area contributed by atoms with E-state index in [0.29, 0.717) is 5.92 Å². The third-order valence-electron chi connectivity index (χ3n) is 6.29. The van der Waals surface area contributed by atoms with Crippen molar-refractivity contribution >= 4 is 18.9 Å². The summed E-state index contributed by atoms with van der Waals surface area (Å²) in [5.74, 6) is 0.673. The van der Waals surface area contributed by atoms with Crippen molar-refractivity contribution in [3.63, 3.8) is 0 Å². The number of carbonyl (C=O) groups excluding carboxylic acids is 1. The summed E-state index contributed by atoms with van der Waals surface area (Å²) in [4.78, 5) is 13.8. The Morgan fingerprint density at radius 2 is 1.28 bits per heavy atom. The van der Waals surface area contributed by atoms with Gasteiger partial charge in [-0.25, -0.2) is 0 Å². The summed E-state index contributed by atoms with van der Waals surface area (Å²) in [6, 6.07) is 4.36. The molecule has 1 rings (SSSR count). The quantitative estimate of drug-likeness (QED) is 0.322. The topological polar surface area (TPSA) is 29.1 Å². The average Bonchev–Trinajstić information content (AvgIpc) is 2.65. The van der Waals surface area contributed by atoms with Gasteiger partial charge in [0.05, 0.1) is 18.5 Å². The van der Waals surface area contributed by atoms with Crippen LogP contribution in [0.1, 0.15) is 89.8 Å². The molecule has 3 heteroatoms. The lowest BCUT2D eigenvalue weighted by Crippen LogP contribution is -2.38. The number of unbranched alkanes of at least 4 members (excludes halogenated alkanes) is 3. The lowest BCUT2D eigenvalue weighted by Gasteiger charge is -2.37. The number of hydrogen-bond donors (Lipinski definition) is 1. The molecule has 0 radical (unpaired) electrons. The molecule has 0 aliphatic rings. The van der Waals surface area contributed by atoms with Crippen LogP contribution in [0, 0.1) is 26.7 Å². The van der Waals surface area contributed by atoms with Crippen molar-refractivity contribution in [3.05, 3.63) is 28.8 Å². The number of hydrogen-bond acceptors (Lipinski definition) is 1. The van der Waals surface area contributed by atoms with Gasteiger partial charge in [-0.1, -0.05) is 71.6 Å². The molecule has 0 heterocycles. The van der Waals surface area contributed by atoms with Crippen LogP contribution in [0.5, 0.6) is 0 Å². The van der Waals surface area contributed by atoms with Crippen molar-refractivity contribution in [2.75, 3.05) is 23.8 Å². The molecule has 29 heavy (non-hydrogen) atoms. The van der Waals surface area contributed by atoms with Gasteiger partial charge in [0.25, 0.3) is 5.91 Å². The zero-order chi connectivity index (χ0) is 22.0. The first kappa shape index (κ1) is 26.2. The van der Waals surface area contributed by atoms with Crippen LogP contribution < -0.4 is 5.32 Å². The maximum atomic E-state index is 13.8. The minimum atomic E-state index is -1.36. The highest BCUT2D eigenvalue weighted by molar-refractivity contribution is 7.77. The van der Waals surface area contributed by atoms with Gasteiger partial charge in [-0.05, 0) is 57.1 Å². The Labute approximate surface area is 182 Å². The minimum Gasteiger partial charge on any atom is -0.322 e. The van der Waals surface area contributed by atoms with Crippen LogP contribution in [0.2, 0.25) is 0 Å². The monoisotopic (exact) mass is 420 g/mol. The van der Waals surface area contributed by atoms with Gasteiger partial charge in [0.2, 0.25) is 0 Å². The molecule has 1 amide bonds. The second-order valence-electron chi connectivity index (χ2n) is 9.40. The maximum absolute atomic E-state index is 13.8. The average molecular weight is 421 g/mol. The number of amides is 1. The van der Waals surface area contributed by atoms with Crippen LogP contribution in [-0.2, 0) is 4.79 Å². The Morgan fingerprint density at radius 1 is 0.862 bits per heavy atom. The molecule has 0 saturated carbocycles. The van der Waals surface area contributed by atoms with E-state index < -0.39 is 7.26 Å². The van der Waals surface area contributed by atoms with Crippen molar-refractivity contribution in [3.8, 4) is 0 Å². The Morgan fingerprint density at radius 3 is 1.62 bits per heavy atom. The fourth-order valence-electron chi connectivity index (χ4n) is 4.93. The zero-order valence-electron chi connectivity index (χ0n) is 20.5. The standard InChI is InChI=1S/C26H46NOP/c1-9-12-15-29(16-13-10-2,17-14-11-3)25(20(4)5)26(28)27-24-22(7)18-21(6)19-23(24)8/h18-20,25H,9-17H2,1-8H3/p+1. The minimum absolute atomic E-state index is 0.173. The molecule has 0 bridgehead atoms. The predicted molar refractivity (Wildman–Crippen MR) is 134 cm³/mol. The predicted octanol–water partition coefficient (Wildman–Crippen LogP) is 7.99. The van der Waals surface area contributed by atoms with Gasteiger partial charge in [-0.2, -0.15) is 0 Å². The molecule has 1 aromatic carbocycles. The van der Waals surface area contributed by atoms with Gasteiger partial charge in [-0.3, -0.25) is 4.79 Å². The van der Waals surface area contributed by atoms with E-state index >= 15 is 0 Å². The van der Waals surface area contributed by atoms with E-state index in [1.54, 1.807) is 0 Å². The summed E-state index contributed by atoms with van der Waals surface area (Å²) in [7, 11) is -1.36. The molecule has 0 spiro atoms. The fourth-order valence-corrected chi connectivity index (χ4v) is 11.1. The third-order valence-corrected chi connectivity index (χ3v) is 11.9. The summed E-state index contributed by atoms with van der Waals surface area (Å²) in [5, 5.41) is 3.41. The van der Waals surface area contributed by atoms with Crippen molar-refractivity contribution in [2.45, 2.75) is 99.6 Å². The Kier molecular flexibility index (Phi) is 11.5. The molecule has 0 aliphatic carbocycles. The molecule has 1 aromatic rings. The summed E-state index contributed by atoms with van der Waals surface area (Å²) >= 11 is 0. The molecule has 2 nitrogen and oxygen atoms in total. The van der Waals surface area contributed by atoms with Crippen LogP contribution >= 0.6 is 7.26 Å². The van der Waals surface area contributed by atoms with Crippen LogP contribution in [0.3, 0.4) is 0 Å². The fraction of sp³-hybridized carbons (Fsp3) is 0.731. The Hall–Kier alpha value is -0.880. The number of anilines is 1. The Balaban J connectivity index is 3.32. The number of rotatable bonds is 13. The Bertz CT molecular complexity index is 593. The van der Waals surface area contributed by atoms with E-state index in [1.165, 1.54) is 73.7 Å². The molecule has 0 fully saturated rings. The van der Waals surface area contributed by atoms with Crippen LogP contribution in [0.15, 0.2) is 12.1 Å². The molecule has 1 unspecified atom stereocenters. The third kappa shape index (κ3) is 7.39. The second-order valence-corrected chi connectivity index (χ2v) is 13.7. The van der Waals surface area contributed by atoms with Gasteiger partial charge < -0.3 is 5.32 Å². The number of aryl methyl sites for hydroxylation is 3. The van der Waals surface area contributed by atoms with Crippen molar-refractivity contribution < 1.29 is 4.79 Å². The smallest absolute Gasteiger partial charge is 0.265 e. The highest BCUT2D eigenvalue weighted by Gasteiger charge is 2.49. The zero-order valence-corrected chi connectivity index (χ0v) is 21.4. The summed E-state index contributed by atoms with van der Waals surface area (Å²) in [5.41, 5.74) is 4.82. The number of benzene rings is 1. The highest BCUT2D eigenvalue weighted by atomic mass is 31.2. The van der Waals surface area contributed by atoms with Gasteiger partial charge in [-0.15, -0.1) is 0 Å². The van der Waals surface area contributed by atoms with Gasteiger partial charge >= 0.3 is 0 Å². The second kappa shape index (κ2) is 12.7. The molecule has 0 aliphatic heterocycles. The van der Waals surface area contributed by atoms with Crippen molar-refractivity contribution in [2.24, 2.45) is 5.92 Å². The first-order chi connectivity index (χ1) is 13.7. The van der Waals surface area contributed by atoms with E-state index in [4.69, 9.17) is 0 Å². The first-order valence-corrected chi connectivity index (χ1v) is 14.4. The summed E-state index contributed by atoms with van der Waals surface area (Å²) < 4.78 is 0. The molecule has 1 N–H and O–H groups in total. The van der Waals surface area contributed by atoms with Crippen LogP contribution in [-0.4, -0.2) is 30.1 Å². The largest absolute Gasteiger partial charge is 0.322 e. The van der Waals surface area contributed by atoms with Crippen LogP contribution in [0.25, 0.3) is 0 Å². The van der Waals surface area contributed by atoms with E-state index in [1.807, 2.05) is 0 Å². The first-order valence-electron chi connectivity index (χ1n) is 12.0. The van der Waals surface area contributed by atoms with E-state index in [0.717, 1.165) is 5.69 Å². The van der Waals surface area contributed by atoms with Crippen molar-refractivity contribution in [1.29, 1.82) is 0 Å². The summed E-state index contributed by atoms with van der Waals surface area (Å²) in [6.07, 6.45) is 11.3. The highest BCUT2D eigenvalue weighted by Crippen LogP contribution is 2.66. The van der Waals surface area contributed by atoms with Crippen LogP contribution in [0.4, 0.5) is 5.69 Å². The number of carbonyl (C=O) groups is 1. The summed E-state index contributed by atoms with van der Waals surface area (Å²) in [6.45, 7) is 17.8. The molecule has 0 aromatic heterocycles. The molecule has 1 atom stereocenters. The lowest BCUT2D eigenvalue weighted by molar-refractivity contribution is -0.116. The van der Waals surface area contributed by atoms with Crippen molar-refractivity contribution in [1.82, 2.24) is 0 Å². The SMILES string of the molecule is CCCC[P+](CCCC)(CCCC)C(C(=O)Nc1c(C)cc(C)cc1C)C(C)C. The van der Waals surface area contributed by atoms with E-state index in [9.17, 15) is 4.79 Å². The van der Waals surface area contributed by atoms with E-state index in [-0.39, 0.29) is 11.6 Å². The lowest BCUT2D eigenvalue weighted by atomic mass is 10.0. The molecule has 0 saturated heterocycles. The normalized spacial score (nSPS) is 13.0. The molecular formula is C26H47NOP+. The number of nitrogens with one attached hydrogen (secondary N) is 1. The molecule has 166 valence electrons. The molecular weight excluding hydrogens is 373 g/mol.